The van der Waals surface area contributed by atoms with Gasteiger partial charge in [-0.15, -0.1) is 0 Å². The van der Waals surface area contributed by atoms with Crippen LogP contribution in [0, 0.1) is 12.8 Å². The van der Waals surface area contributed by atoms with Crippen molar-refractivity contribution >= 4 is 23.2 Å². The largest absolute Gasteiger partial charge is 0.326 e. The standard InChI is InChI=1S/C16H19ClN4O/c1-10-3-4-12(5-15(10)17)20-16(22)14-8-18-7-13(14)11-6-19-21(2)9-11/h3-6,9,13-14,18H,7-8H2,1-2H3,(H,20,22)/t13-,14+/m1/s1. The maximum Gasteiger partial charge on any atom is 0.229 e. The summed E-state index contributed by atoms with van der Waals surface area (Å²) in [5.41, 5.74) is 2.82. The lowest BCUT2D eigenvalue weighted by Crippen LogP contribution is -2.28. The summed E-state index contributed by atoms with van der Waals surface area (Å²) in [7, 11) is 1.88. The van der Waals surface area contributed by atoms with Gasteiger partial charge in [0.25, 0.3) is 0 Å². The molecule has 116 valence electrons. The molecule has 2 atom stereocenters. The molecule has 0 aliphatic carbocycles. The van der Waals surface area contributed by atoms with Crippen molar-refractivity contribution in [3.05, 3.63) is 46.7 Å². The first-order valence-corrected chi connectivity index (χ1v) is 7.68. The zero-order valence-corrected chi connectivity index (χ0v) is 13.4. The average molecular weight is 319 g/mol. The number of carbonyl (C=O) groups excluding carboxylic acids is 1. The van der Waals surface area contributed by atoms with Crippen molar-refractivity contribution in [3.63, 3.8) is 0 Å². The van der Waals surface area contributed by atoms with E-state index >= 15 is 0 Å². The van der Waals surface area contributed by atoms with Gasteiger partial charge in [-0.25, -0.2) is 0 Å². The van der Waals surface area contributed by atoms with E-state index in [2.05, 4.69) is 15.7 Å². The highest BCUT2D eigenvalue weighted by Crippen LogP contribution is 2.29. The van der Waals surface area contributed by atoms with Gasteiger partial charge in [0.1, 0.15) is 0 Å². The van der Waals surface area contributed by atoms with Crippen LogP contribution in [0.4, 0.5) is 5.69 Å². The lowest BCUT2D eigenvalue weighted by Gasteiger charge is -2.17. The molecule has 0 bridgehead atoms. The maximum absolute atomic E-state index is 12.6. The molecular weight excluding hydrogens is 300 g/mol. The van der Waals surface area contributed by atoms with Crippen LogP contribution in [0.2, 0.25) is 5.02 Å². The summed E-state index contributed by atoms with van der Waals surface area (Å²) in [4.78, 5) is 12.6. The van der Waals surface area contributed by atoms with E-state index in [0.29, 0.717) is 11.6 Å². The van der Waals surface area contributed by atoms with Crippen molar-refractivity contribution in [1.82, 2.24) is 15.1 Å². The van der Waals surface area contributed by atoms with Crippen LogP contribution in [0.25, 0.3) is 0 Å². The Morgan fingerprint density at radius 1 is 1.45 bits per heavy atom. The molecule has 1 fully saturated rings. The van der Waals surface area contributed by atoms with E-state index in [1.54, 1.807) is 10.7 Å². The van der Waals surface area contributed by atoms with Crippen molar-refractivity contribution < 1.29 is 4.79 Å². The summed E-state index contributed by atoms with van der Waals surface area (Å²) < 4.78 is 1.77. The highest BCUT2D eigenvalue weighted by atomic mass is 35.5. The quantitative estimate of drug-likeness (QED) is 0.913. The Morgan fingerprint density at radius 3 is 2.95 bits per heavy atom. The van der Waals surface area contributed by atoms with Crippen LogP contribution in [0.1, 0.15) is 17.0 Å². The normalized spacial score (nSPS) is 21.0. The maximum atomic E-state index is 12.6. The molecule has 0 radical (unpaired) electrons. The van der Waals surface area contributed by atoms with Crippen molar-refractivity contribution in [2.75, 3.05) is 18.4 Å². The van der Waals surface area contributed by atoms with Crippen LogP contribution in [0.5, 0.6) is 0 Å². The predicted molar refractivity (Wildman–Crippen MR) is 87.1 cm³/mol. The summed E-state index contributed by atoms with van der Waals surface area (Å²) in [6, 6.07) is 5.57. The van der Waals surface area contributed by atoms with Gasteiger partial charge >= 0.3 is 0 Å². The second-order valence-corrected chi connectivity index (χ2v) is 6.18. The zero-order valence-electron chi connectivity index (χ0n) is 12.6. The molecular formula is C16H19ClN4O. The smallest absolute Gasteiger partial charge is 0.229 e. The fourth-order valence-electron chi connectivity index (χ4n) is 2.84. The number of hydrogen-bond donors (Lipinski definition) is 2. The van der Waals surface area contributed by atoms with E-state index in [-0.39, 0.29) is 17.7 Å². The van der Waals surface area contributed by atoms with Gasteiger partial charge in [0.05, 0.1) is 12.1 Å². The Labute approximate surface area is 134 Å². The average Bonchev–Trinajstić information content (AvgIpc) is 3.11. The molecule has 3 rings (SSSR count). The lowest BCUT2D eigenvalue weighted by atomic mass is 9.90. The monoisotopic (exact) mass is 318 g/mol. The lowest BCUT2D eigenvalue weighted by molar-refractivity contribution is -0.119. The minimum atomic E-state index is -0.107. The summed E-state index contributed by atoms with van der Waals surface area (Å²) in [6.07, 6.45) is 3.81. The number of rotatable bonds is 3. The molecule has 2 heterocycles. The first-order chi connectivity index (χ1) is 10.5. The summed E-state index contributed by atoms with van der Waals surface area (Å²) in [5.74, 6) is 0.0534. The van der Waals surface area contributed by atoms with Crippen molar-refractivity contribution in [1.29, 1.82) is 0 Å². The van der Waals surface area contributed by atoms with Gasteiger partial charge in [0.2, 0.25) is 5.91 Å². The van der Waals surface area contributed by atoms with E-state index in [0.717, 1.165) is 23.4 Å². The fraction of sp³-hybridized carbons (Fsp3) is 0.375. The molecule has 22 heavy (non-hydrogen) atoms. The first-order valence-electron chi connectivity index (χ1n) is 7.31. The number of halogens is 1. The number of nitrogens with zero attached hydrogens (tertiary/aromatic N) is 2. The third-order valence-corrected chi connectivity index (χ3v) is 4.55. The fourth-order valence-corrected chi connectivity index (χ4v) is 3.02. The zero-order chi connectivity index (χ0) is 15.7. The van der Waals surface area contributed by atoms with Crippen LogP contribution in [-0.2, 0) is 11.8 Å². The van der Waals surface area contributed by atoms with Crippen molar-refractivity contribution in [3.8, 4) is 0 Å². The van der Waals surface area contributed by atoms with Crippen molar-refractivity contribution in [2.45, 2.75) is 12.8 Å². The highest BCUT2D eigenvalue weighted by molar-refractivity contribution is 6.31. The number of anilines is 1. The van der Waals surface area contributed by atoms with Crippen LogP contribution >= 0.6 is 11.6 Å². The van der Waals surface area contributed by atoms with Gasteiger partial charge < -0.3 is 10.6 Å². The number of aromatic nitrogens is 2. The summed E-state index contributed by atoms with van der Waals surface area (Å²) >= 11 is 6.11. The van der Waals surface area contributed by atoms with E-state index < -0.39 is 0 Å². The molecule has 1 saturated heterocycles. The molecule has 2 N–H and O–H groups in total. The van der Waals surface area contributed by atoms with Crippen LogP contribution in [0.3, 0.4) is 0 Å². The molecule has 1 aliphatic rings. The number of carbonyl (C=O) groups is 1. The second kappa shape index (κ2) is 6.10. The van der Waals surface area contributed by atoms with Gasteiger partial charge in [-0.2, -0.15) is 5.10 Å². The molecule has 1 aromatic carbocycles. The van der Waals surface area contributed by atoms with Crippen LogP contribution < -0.4 is 10.6 Å². The topological polar surface area (TPSA) is 59.0 Å². The van der Waals surface area contributed by atoms with Crippen molar-refractivity contribution in [2.24, 2.45) is 13.0 Å². The number of amides is 1. The molecule has 2 aromatic rings. The third kappa shape index (κ3) is 3.00. The third-order valence-electron chi connectivity index (χ3n) is 4.14. The predicted octanol–water partition coefficient (Wildman–Crippen LogP) is 2.32. The van der Waals surface area contributed by atoms with E-state index in [1.165, 1.54) is 0 Å². The van der Waals surface area contributed by atoms with Gasteiger partial charge in [-0.1, -0.05) is 17.7 Å². The number of aryl methyl sites for hydroxylation is 2. The second-order valence-electron chi connectivity index (χ2n) is 5.77. The molecule has 0 spiro atoms. The Morgan fingerprint density at radius 2 is 2.27 bits per heavy atom. The van der Waals surface area contributed by atoms with Crippen LogP contribution in [0.15, 0.2) is 30.6 Å². The van der Waals surface area contributed by atoms with Gasteiger partial charge in [0.15, 0.2) is 0 Å². The van der Waals surface area contributed by atoms with E-state index in [9.17, 15) is 4.79 Å². The minimum absolute atomic E-state index is 0.0128. The molecule has 1 aromatic heterocycles. The highest BCUT2D eigenvalue weighted by Gasteiger charge is 2.34. The molecule has 1 aliphatic heterocycles. The molecule has 1 amide bonds. The number of hydrogen-bond acceptors (Lipinski definition) is 3. The Kier molecular flexibility index (Phi) is 4.18. The molecule has 5 nitrogen and oxygen atoms in total. The molecule has 0 saturated carbocycles. The number of benzene rings is 1. The van der Waals surface area contributed by atoms with E-state index in [4.69, 9.17) is 11.6 Å². The van der Waals surface area contributed by atoms with Gasteiger partial charge in [-0.05, 0) is 30.2 Å². The van der Waals surface area contributed by atoms with E-state index in [1.807, 2.05) is 38.5 Å². The molecule has 0 unspecified atom stereocenters. The Bertz CT molecular complexity index is 697. The SMILES string of the molecule is Cc1ccc(NC(=O)[C@H]2CNC[C@@H]2c2cnn(C)c2)cc1Cl. The van der Waals surface area contributed by atoms with Crippen LogP contribution in [-0.4, -0.2) is 28.8 Å². The first kappa shape index (κ1) is 15.1. The minimum Gasteiger partial charge on any atom is -0.326 e. The Hall–Kier alpha value is -1.85. The summed E-state index contributed by atoms with van der Waals surface area (Å²) in [5, 5.41) is 11.1. The summed E-state index contributed by atoms with van der Waals surface area (Å²) in [6.45, 7) is 3.40. The number of nitrogens with one attached hydrogen (secondary N) is 2. The molecule has 6 heteroatoms. The van der Waals surface area contributed by atoms with Gasteiger partial charge in [-0.3, -0.25) is 9.48 Å². The van der Waals surface area contributed by atoms with Gasteiger partial charge in [0, 0.05) is 43.0 Å². The Balaban J connectivity index is 1.74.